The zero-order valence-corrected chi connectivity index (χ0v) is 10.0. The molecule has 1 rings (SSSR count). The predicted molar refractivity (Wildman–Crippen MR) is 71.2 cm³/mol. The number of benzene rings is 1. The lowest BCUT2D eigenvalue weighted by molar-refractivity contribution is 0.868. The maximum Gasteiger partial charge on any atom is 0.0489 e. The summed E-state index contributed by atoms with van der Waals surface area (Å²) >= 11 is 0. The molecule has 16 heavy (non-hydrogen) atoms. The van der Waals surface area contributed by atoms with Gasteiger partial charge < -0.3 is 0 Å². The Labute approximate surface area is 98.7 Å². The smallest absolute Gasteiger partial charge is 0.0489 e. The molecule has 1 atom stereocenters. The maximum absolute atomic E-state index is 5.57. The van der Waals surface area contributed by atoms with E-state index in [1.54, 1.807) is 0 Å². The Morgan fingerprint density at radius 1 is 1.38 bits per heavy atom. The summed E-state index contributed by atoms with van der Waals surface area (Å²) in [6.45, 7) is 8.17. The molecule has 0 heteroatoms. The van der Waals surface area contributed by atoms with Gasteiger partial charge in [0, 0.05) is 5.92 Å². The average molecular weight is 210 g/mol. The van der Waals surface area contributed by atoms with Crippen molar-refractivity contribution in [1.82, 2.24) is 0 Å². The number of rotatable bonds is 4. The van der Waals surface area contributed by atoms with Gasteiger partial charge in [-0.2, -0.15) is 0 Å². The zero-order valence-electron chi connectivity index (χ0n) is 10.0. The Morgan fingerprint density at radius 2 is 2.00 bits per heavy atom. The van der Waals surface area contributed by atoms with E-state index in [0.717, 1.165) is 12.0 Å². The molecule has 0 heterocycles. The highest BCUT2D eigenvalue weighted by atomic mass is 14.1. The first-order chi connectivity index (χ1) is 7.63. The third kappa shape index (κ3) is 3.79. The van der Waals surface area contributed by atoms with Gasteiger partial charge in [-0.3, -0.25) is 0 Å². The maximum atomic E-state index is 5.57. The van der Waals surface area contributed by atoms with Crippen molar-refractivity contribution in [3.63, 3.8) is 0 Å². The highest BCUT2D eigenvalue weighted by Gasteiger charge is 2.08. The van der Waals surface area contributed by atoms with E-state index in [0.29, 0.717) is 0 Å². The lowest BCUT2D eigenvalue weighted by Crippen LogP contribution is -1.96. The first-order valence-electron chi connectivity index (χ1n) is 5.47. The Morgan fingerprint density at radius 3 is 2.50 bits per heavy atom. The molecule has 0 aliphatic heterocycles. The molecule has 1 unspecified atom stereocenters. The van der Waals surface area contributed by atoms with Crippen LogP contribution in [0, 0.1) is 12.3 Å². The van der Waals surface area contributed by atoms with Crippen molar-refractivity contribution in [2.75, 3.05) is 0 Å². The summed E-state index contributed by atoms with van der Waals surface area (Å²) in [7, 11) is 0. The summed E-state index contributed by atoms with van der Waals surface area (Å²) in [4.78, 5) is 0. The molecule has 0 radical (unpaired) electrons. The van der Waals surface area contributed by atoms with E-state index in [1.165, 1.54) is 11.1 Å². The third-order valence-electron chi connectivity index (χ3n) is 2.36. The van der Waals surface area contributed by atoms with Gasteiger partial charge >= 0.3 is 0 Å². The van der Waals surface area contributed by atoms with Gasteiger partial charge in [-0.1, -0.05) is 60.1 Å². The van der Waals surface area contributed by atoms with Crippen LogP contribution in [0.5, 0.6) is 0 Å². The first-order valence-corrected chi connectivity index (χ1v) is 5.47. The molecule has 0 aliphatic carbocycles. The van der Waals surface area contributed by atoms with Crippen LogP contribution in [0.4, 0.5) is 0 Å². The molecule has 0 fully saturated rings. The lowest BCUT2D eigenvalue weighted by Gasteiger charge is -2.11. The fourth-order valence-corrected chi connectivity index (χ4v) is 1.69. The average Bonchev–Trinajstić information content (AvgIpc) is 2.26. The van der Waals surface area contributed by atoms with Crippen molar-refractivity contribution in [2.24, 2.45) is 0 Å². The van der Waals surface area contributed by atoms with E-state index in [2.05, 4.69) is 44.6 Å². The van der Waals surface area contributed by atoms with Crippen LogP contribution in [0.15, 0.2) is 54.1 Å². The molecule has 0 aliphatic rings. The fraction of sp³-hybridized carbons (Fsp3) is 0.250. The van der Waals surface area contributed by atoms with Crippen LogP contribution in [0.3, 0.4) is 0 Å². The minimum Gasteiger partial charge on any atom is -0.119 e. The SMILES string of the molecule is C#CC(CC(=C)C=C(C)C)c1ccccc1. The summed E-state index contributed by atoms with van der Waals surface area (Å²) in [5.41, 5.74) is 3.54. The Hall–Kier alpha value is -1.74. The number of hydrogen-bond donors (Lipinski definition) is 0. The molecule has 1 aromatic carbocycles. The van der Waals surface area contributed by atoms with Crippen molar-refractivity contribution in [3.8, 4) is 12.3 Å². The second-order valence-electron chi connectivity index (χ2n) is 4.21. The van der Waals surface area contributed by atoms with E-state index in [9.17, 15) is 0 Å². The van der Waals surface area contributed by atoms with E-state index >= 15 is 0 Å². The van der Waals surface area contributed by atoms with Gasteiger partial charge in [-0.15, -0.1) is 6.42 Å². The lowest BCUT2D eigenvalue weighted by atomic mass is 9.92. The normalized spacial score (nSPS) is 11.3. The van der Waals surface area contributed by atoms with Gasteiger partial charge in [0.1, 0.15) is 0 Å². The van der Waals surface area contributed by atoms with Crippen molar-refractivity contribution >= 4 is 0 Å². The molecule has 1 aromatic rings. The van der Waals surface area contributed by atoms with Gasteiger partial charge in [-0.25, -0.2) is 0 Å². The molecular weight excluding hydrogens is 192 g/mol. The summed E-state index contributed by atoms with van der Waals surface area (Å²) in [6, 6.07) is 10.2. The van der Waals surface area contributed by atoms with Crippen LogP contribution in [0.25, 0.3) is 0 Å². The minimum atomic E-state index is 0.129. The number of hydrogen-bond acceptors (Lipinski definition) is 0. The van der Waals surface area contributed by atoms with Crippen molar-refractivity contribution in [3.05, 3.63) is 59.7 Å². The topological polar surface area (TPSA) is 0 Å². The molecule has 0 spiro atoms. The molecular formula is C16H18. The first kappa shape index (κ1) is 12.3. The quantitative estimate of drug-likeness (QED) is 0.513. The van der Waals surface area contributed by atoms with Gasteiger partial charge in [0.2, 0.25) is 0 Å². The molecule has 0 nitrogen and oxygen atoms in total. The fourth-order valence-electron chi connectivity index (χ4n) is 1.69. The van der Waals surface area contributed by atoms with Crippen LogP contribution in [-0.2, 0) is 0 Å². The number of allylic oxidation sites excluding steroid dienone is 3. The predicted octanol–water partition coefficient (Wildman–Crippen LogP) is 4.32. The Balaban J connectivity index is 2.76. The van der Waals surface area contributed by atoms with Crippen molar-refractivity contribution < 1.29 is 0 Å². The van der Waals surface area contributed by atoms with Crippen LogP contribution in [-0.4, -0.2) is 0 Å². The van der Waals surface area contributed by atoms with Crippen LogP contribution < -0.4 is 0 Å². The molecule has 82 valence electrons. The Bertz CT molecular complexity index is 411. The van der Waals surface area contributed by atoms with Crippen LogP contribution in [0.1, 0.15) is 31.7 Å². The van der Waals surface area contributed by atoms with Crippen LogP contribution >= 0.6 is 0 Å². The second-order valence-corrected chi connectivity index (χ2v) is 4.21. The molecule has 0 saturated carbocycles. The summed E-state index contributed by atoms with van der Waals surface area (Å²) in [5, 5.41) is 0. The van der Waals surface area contributed by atoms with E-state index in [1.807, 2.05) is 18.2 Å². The second kappa shape index (κ2) is 5.98. The van der Waals surface area contributed by atoms with Gasteiger partial charge in [0.15, 0.2) is 0 Å². The van der Waals surface area contributed by atoms with Crippen molar-refractivity contribution in [1.29, 1.82) is 0 Å². The molecule has 0 saturated heterocycles. The summed E-state index contributed by atoms with van der Waals surface area (Å²) in [6.07, 6.45) is 8.49. The van der Waals surface area contributed by atoms with Gasteiger partial charge in [0.05, 0.1) is 0 Å². The highest BCUT2D eigenvalue weighted by molar-refractivity contribution is 5.31. The van der Waals surface area contributed by atoms with Gasteiger partial charge in [0.25, 0.3) is 0 Å². The minimum absolute atomic E-state index is 0.129. The van der Waals surface area contributed by atoms with Gasteiger partial charge in [-0.05, 0) is 25.8 Å². The monoisotopic (exact) mass is 210 g/mol. The third-order valence-corrected chi connectivity index (χ3v) is 2.36. The molecule has 0 amide bonds. The largest absolute Gasteiger partial charge is 0.119 e. The summed E-state index contributed by atoms with van der Waals surface area (Å²) < 4.78 is 0. The van der Waals surface area contributed by atoms with E-state index in [-0.39, 0.29) is 5.92 Å². The standard InChI is InChI=1S/C16H18/c1-5-15(12-14(4)11-13(2)3)16-9-7-6-8-10-16/h1,6-11,15H,4,12H2,2-3H3. The van der Waals surface area contributed by atoms with Crippen molar-refractivity contribution in [2.45, 2.75) is 26.2 Å². The molecule has 0 N–H and O–H groups in total. The number of terminal acetylenes is 1. The summed E-state index contributed by atoms with van der Waals surface area (Å²) in [5.74, 6) is 2.96. The zero-order chi connectivity index (χ0) is 12.0. The molecule has 0 bridgehead atoms. The highest BCUT2D eigenvalue weighted by Crippen LogP contribution is 2.23. The van der Waals surface area contributed by atoms with E-state index in [4.69, 9.17) is 6.42 Å². The Kier molecular flexibility index (Phi) is 4.61. The van der Waals surface area contributed by atoms with E-state index < -0.39 is 0 Å². The molecule has 0 aromatic heterocycles. The van der Waals surface area contributed by atoms with Crippen LogP contribution in [0.2, 0.25) is 0 Å².